The summed E-state index contributed by atoms with van der Waals surface area (Å²) < 4.78 is 5.46. The van der Waals surface area contributed by atoms with Crippen LogP contribution in [0.2, 0.25) is 0 Å². The molecule has 0 saturated carbocycles. The van der Waals surface area contributed by atoms with Crippen LogP contribution in [-0.2, 0) is 9.53 Å². The van der Waals surface area contributed by atoms with Crippen molar-refractivity contribution in [3.05, 3.63) is 24.3 Å². The number of nitrogen functional groups attached to an aromatic ring is 1. The molecule has 0 bridgehead atoms. The number of benzene rings is 1. The maximum Gasteiger partial charge on any atom is 0.309 e. The van der Waals surface area contributed by atoms with Crippen LogP contribution in [0.3, 0.4) is 0 Å². The number of carbonyl (C=O) groups excluding carboxylic acids is 1. The van der Waals surface area contributed by atoms with Gasteiger partial charge < -0.3 is 15.4 Å². The van der Waals surface area contributed by atoms with Gasteiger partial charge in [0.2, 0.25) is 0 Å². The van der Waals surface area contributed by atoms with Crippen LogP contribution in [0.5, 0.6) is 0 Å². The van der Waals surface area contributed by atoms with Crippen LogP contribution in [0.1, 0.15) is 33.6 Å². The number of ether oxygens (including phenoxy) is 1. The minimum atomic E-state index is -0.398. The number of hydrogen-bond acceptors (Lipinski definition) is 4. The van der Waals surface area contributed by atoms with Crippen molar-refractivity contribution in [2.45, 2.75) is 39.2 Å². The molecule has 1 saturated heterocycles. The Balaban J connectivity index is 1.89. The summed E-state index contributed by atoms with van der Waals surface area (Å²) in [5.41, 5.74) is 7.24. The Hall–Kier alpha value is -1.71. The minimum Gasteiger partial charge on any atom is -0.460 e. The van der Waals surface area contributed by atoms with Gasteiger partial charge in [-0.2, -0.15) is 0 Å². The van der Waals surface area contributed by atoms with E-state index in [1.165, 1.54) is 5.69 Å². The maximum absolute atomic E-state index is 12.0. The molecule has 0 amide bonds. The van der Waals surface area contributed by atoms with Crippen molar-refractivity contribution in [2.24, 2.45) is 5.92 Å². The Bertz CT molecular complexity index is 454. The van der Waals surface area contributed by atoms with Crippen molar-refractivity contribution < 1.29 is 9.53 Å². The summed E-state index contributed by atoms with van der Waals surface area (Å²) >= 11 is 0. The highest BCUT2D eigenvalue weighted by atomic mass is 16.6. The molecule has 1 aliphatic rings. The molecule has 1 fully saturated rings. The van der Waals surface area contributed by atoms with Crippen LogP contribution in [0, 0.1) is 5.92 Å². The molecule has 0 radical (unpaired) electrons. The second-order valence-electron chi connectivity index (χ2n) is 6.39. The molecular weight excluding hydrogens is 252 g/mol. The topological polar surface area (TPSA) is 55.6 Å². The molecule has 4 nitrogen and oxygen atoms in total. The van der Waals surface area contributed by atoms with E-state index in [0.29, 0.717) is 0 Å². The highest BCUT2D eigenvalue weighted by Gasteiger charge is 2.29. The van der Waals surface area contributed by atoms with Gasteiger partial charge in [-0.15, -0.1) is 0 Å². The summed E-state index contributed by atoms with van der Waals surface area (Å²) in [4.78, 5) is 14.3. The normalized spacial score (nSPS) is 17.1. The molecule has 2 N–H and O–H groups in total. The van der Waals surface area contributed by atoms with E-state index in [1.54, 1.807) is 0 Å². The van der Waals surface area contributed by atoms with E-state index in [1.807, 2.05) is 45.0 Å². The second kappa shape index (κ2) is 5.73. The Labute approximate surface area is 120 Å². The van der Waals surface area contributed by atoms with Gasteiger partial charge in [-0.05, 0) is 57.9 Å². The first-order valence-electron chi connectivity index (χ1n) is 7.18. The van der Waals surface area contributed by atoms with Crippen molar-refractivity contribution in [3.63, 3.8) is 0 Å². The zero-order valence-corrected chi connectivity index (χ0v) is 12.6. The largest absolute Gasteiger partial charge is 0.460 e. The van der Waals surface area contributed by atoms with Crippen LogP contribution in [0.25, 0.3) is 0 Å². The van der Waals surface area contributed by atoms with Gasteiger partial charge in [0.15, 0.2) is 0 Å². The van der Waals surface area contributed by atoms with Gasteiger partial charge in [-0.3, -0.25) is 4.79 Å². The van der Waals surface area contributed by atoms with Gasteiger partial charge >= 0.3 is 5.97 Å². The number of esters is 1. The lowest BCUT2D eigenvalue weighted by atomic mass is 9.96. The summed E-state index contributed by atoms with van der Waals surface area (Å²) in [6.07, 6.45) is 1.69. The fraction of sp³-hybridized carbons (Fsp3) is 0.562. The van der Waals surface area contributed by atoms with Gasteiger partial charge in [0.05, 0.1) is 5.92 Å². The fourth-order valence-corrected chi connectivity index (χ4v) is 2.44. The first-order chi connectivity index (χ1) is 9.35. The lowest BCUT2D eigenvalue weighted by molar-refractivity contribution is -0.160. The van der Waals surface area contributed by atoms with Crippen LogP contribution >= 0.6 is 0 Å². The van der Waals surface area contributed by atoms with E-state index in [9.17, 15) is 4.79 Å². The number of carbonyl (C=O) groups is 1. The predicted octanol–water partition coefficient (Wildman–Crippen LogP) is 2.83. The van der Waals surface area contributed by atoms with E-state index >= 15 is 0 Å². The number of nitrogens with zero attached hydrogens (tertiary/aromatic N) is 1. The number of nitrogens with two attached hydrogens (primary N) is 1. The summed E-state index contributed by atoms with van der Waals surface area (Å²) in [5, 5.41) is 0. The standard InChI is InChI=1S/C16H24N2O2/c1-16(2,3)20-15(19)12-8-10-18(11-9-12)14-6-4-13(17)5-7-14/h4-7,12H,8-11,17H2,1-3H3. The number of rotatable bonds is 2. The maximum atomic E-state index is 12.0. The molecule has 1 aromatic carbocycles. The third kappa shape index (κ3) is 3.89. The van der Waals surface area contributed by atoms with E-state index in [4.69, 9.17) is 10.5 Å². The summed E-state index contributed by atoms with van der Waals surface area (Å²) in [5.74, 6) is -0.0336. The smallest absolute Gasteiger partial charge is 0.309 e. The second-order valence-corrected chi connectivity index (χ2v) is 6.39. The van der Waals surface area contributed by atoms with E-state index in [0.717, 1.165) is 31.6 Å². The van der Waals surface area contributed by atoms with Crippen LogP contribution in [-0.4, -0.2) is 24.7 Å². The molecule has 2 rings (SSSR count). The summed E-state index contributed by atoms with van der Waals surface area (Å²) in [7, 11) is 0. The highest BCUT2D eigenvalue weighted by molar-refractivity contribution is 5.73. The van der Waals surface area contributed by atoms with Crippen molar-refractivity contribution in [2.75, 3.05) is 23.7 Å². The molecule has 110 valence electrons. The number of anilines is 2. The van der Waals surface area contributed by atoms with Gasteiger partial charge in [0.25, 0.3) is 0 Å². The highest BCUT2D eigenvalue weighted by Crippen LogP contribution is 2.25. The third-order valence-electron chi connectivity index (χ3n) is 3.49. The van der Waals surface area contributed by atoms with Gasteiger partial charge in [0, 0.05) is 24.5 Å². The molecule has 1 heterocycles. The molecule has 4 heteroatoms. The SMILES string of the molecule is CC(C)(C)OC(=O)C1CCN(c2ccc(N)cc2)CC1. The van der Waals surface area contributed by atoms with Crippen molar-refractivity contribution in [1.29, 1.82) is 0 Å². The zero-order chi connectivity index (χ0) is 14.8. The molecule has 0 aliphatic carbocycles. The lowest BCUT2D eigenvalue weighted by Crippen LogP contribution is -2.38. The first kappa shape index (κ1) is 14.7. The Morgan fingerprint density at radius 1 is 1.20 bits per heavy atom. The summed E-state index contributed by atoms with van der Waals surface area (Å²) in [6, 6.07) is 7.89. The van der Waals surface area contributed by atoms with E-state index in [-0.39, 0.29) is 11.9 Å². The summed E-state index contributed by atoms with van der Waals surface area (Å²) in [6.45, 7) is 7.50. The quantitative estimate of drug-likeness (QED) is 0.666. The average Bonchev–Trinajstić information content (AvgIpc) is 2.38. The Morgan fingerprint density at radius 3 is 2.25 bits per heavy atom. The van der Waals surface area contributed by atoms with Gasteiger partial charge in [0.1, 0.15) is 5.60 Å². The monoisotopic (exact) mass is 276 g/mol. The third-order valence-corrected chi connectivity index (χ3v) is 3.49. The lowest BCUT2D eigenvalue weighted by Gasteiger charge is -2.33. The van der Waals surface area contributed by atoms with Crippen LogP contribution in [0.15, 0.2) is 24.3 Å². The molecule has 1 aliphatic heterocycles. The van der Waals surface area contributed by atoms with Gasteiger partial charge in [-0.1, -0.05) is 0 Å². The molecule has 0 unspecified atom stereocenters. The van der Waals surface area contributed by atoms with Crippen LogP contribution in [0.4, 0.5) is 11.4 Å². The molecule has 1 aromatic rings. The molecule has 0 spiro atoms. The van der Waals surface area contributed by atoms with Gasteiger partial charge in [-0.25, -0.2) is 0 Å². The Morgan fingerprint density at radius 2 is 1.75 bits per heavy atom. The molecular formula is C16H24N2O2. The Kier molecular flexibility index (Phi) is 4.21. The average molecular weight is 276 g/mol. The van der Waals surface area contributed by atoms with Crippen molar-refractivity contribution in [3.8, 4) is 0 Å². The minimum absolute atomic E-state index is 0.0271. The zero-order valence-electron chi connectivity index (χ0n) is 12.6. The van der Waals surface area contributed by atoms with E-state index in [2.05, 4.69) is 4.90 Å². The van der Waals surface area contributed by atoms with Crippen molar-refractivity contribution in [1.82, 2.24) is 0 Å². The van der Waals surface area contributed by atoms with Crippen molar-refractivity contribution >= 4 is 17.3 Å². The number of piperidine rings is 1. The fourth-order valence-electron chi connectivity index (χ4n) is 2.44. The molecule has 0 atom stereocenters. The number of hydrogen-bond donors (Lipinski definition) is 1. The molecule has 0 aromatic heterocycles. The van der Waals surface area contributed by atoms with Crippen LogP contribution < -0.4 is 10.6 Å². The first-order valence-corrected chi connectivity index (χ1v) is 7.18. The van der Waals surface area contributed by atoms with E-state index < -0.39 is 5.60 Å². The molecule has 20 heavy (non-hydrogen) atoms. The predicted molar refractivity (Wildman–Crippen MR) is 81.6 cm³/mol.